The van der Waals surface area contributed by atoms with Gasteiger partial charge in [-0.05, 0) is 36.4 Å². The summed E-state index contributed by atoms with van der Waals surface area (Å²) < 4.78 is 1.56. The first kappa shape index (κ1) is 13.6. The van der Waals surface area contributed by atoms with Crippen molar-refractivity contribution >= 4 is 28.7 Å². The Morgan fingerprint density at radius 2 is 1.77 bits per heavy atom. The van der Waals surface area contributed by atoms with E-state index in [-0.39, 0.29) is 5.91 Å². The van der Waals surface area contributed by atoms with E-state index >= 15 is 0 Å². The fraction of sp³-hybridized carbons (Fsp3) is 0. The maximum Gasteiger partial charge on any atom is 0.316 e. The first-order chi connectivity index (χ1) is 10.6. The van der Waals surface area contributed by atoms with Crippen LogP contribution < -0.4 is 16.5 Å². The molecule has 0 bridgehead atoms. The summed E-state index contributed by atoms with van der Waals surface area (Å²) in [6.45, 7) is 0. The number of nitrogens with two attached hydrogens (primary N) is 1. The Bertz CT molecular complexity index is 839. The second-order valence-electron chi connectivity index (χ2n) is 4.61. The number of carbonyl (C=O) groups excluding carboxylic acids is 2. The minimum Gasteiger partial charge on any atom is -0.351 e. The number of imidazole rings is 1. The number of aromatic nitrogens is 2. The van der Waals surface area contributed by atoms with Crippen LogP contribution in [0.2, 0.25) is 0 Å². The fourth-order valence-electron chi connectivity index (χ4n) is 2.07. The van der Waals surface area contributed by atoms with Crippen LogP contribution >= 0.6 is 0 Å². The molecule has 0 saturated heterocycles. The zero-order valence-electron chi connectivity index (χ0n) is 11.5. The maximum absolute atomic E-state index is 12.2. The molecule has 0 atom stereocenters. The molecule has 7 heteroatoms. The summed E-state index contributed by atoms with van der Waals surface area (Å²) in [5, 5.41) is 2.43. The first-order valence-corrected chi connectivity index (χ1v) is 6.53. The highest BCUT2D eigenvalue weighted by Gasteiger charge is 2.08. The lowest BCUT2D eigenvalue weighted by molar-refractivity contribution is 0.101. The number of urea groups is 1. The Balaban J connectivity index is 1.78. The van der Waals surface area contributed by atoms with E-state index in [1.54, 1.807) is 35.3 Å². The van der Waals surface area contributed by atoms with Gasteiger partial charge in [0.15, 0.2) is 0 Å². The zero-order valence-corrected chi connectivity index (χ0v) is 11.5. The molecular formula is C15H13N5O2. The molecule has 0 saturated carbocycles. The maximum atomic E-state index is 12.2. The van der Waals surface area contributed by atoms with Gasteiger partial charge in [-0.1, -0.05) is 12.1 Å². The van der Waals surface area contributed by atoms with Crippen molar-refractivity contribution in [2.45, 2.75) is 0 Å². The summed E-state index contributed by atoms with van der Waals surface area (Å²) in [6.07, 6.45) is 1.55. The smallest absolute Gasteiger partial charge is 0.316 e. The third-order valence-electron chi connectivity index (χ3n) is 3.09. The molecular weight excluding hydrogens is 282 g/mol. The number of amides is 3. The Morgan fingerprint density at radius 3 is 2.50 bits per heavy atom. The molecule has 3 aromatic rings. The lowest BCUT2D eigenvalue weighted by Crippen LogP contribution is -2.22. The summed E-state index contributed by atoms with van der Waals surface area (Å²) in [7, 11) is 0. The number of benzene rings is 2. The van der Waals surface area contributed by atoms with Crippen LogP contribution in [-0.4, -0.2) is 21.6 Å². The van der Waals surface area contributed by atoms with Gasteiger partial charge in [-0.25, -0.2) is 14.5 Å². The number of anilines is 1. The summed E-state index contributed by atoms with van der Waals surface area (Å²) >= 11 is 0. The molecule has 2 aromatic carbocycles. The number of carbonyl (C=O) groups is 2. The molecule has 1 aromatic heterocycles. The topological polar surface area (TPSA) is 102 Å². The van der Waals surface area contributed by atoms with Gasteiger partial charge < -0.3 is 11.1 Å². The van der Waals surface area contributed by atoms with Crippen molar-refractivity contribution in [3.63, 3.8) is 0 Å². The van der Waals surface area contributed by atoms with E-state index < -0.39 is 6.03 Å². The van der Waals surface area contributed by atoms with Crippen LogP contribution in [0.25, 0.3) is 11.0 Å². The lowest BCUT2D eigenvalue weighted by Gasteiger charge is -2.08. The molecule has 4 N–H and O–H groups in total. The summed E-state index contributed by atoms with van der Waals surface area (Å²) in [4.78, 5) is 27.2. The van der Waals surface area contributed by atoms with Crippen molar-refractivity contribution in [2.75, 3.05) is 10.7 Å². The Labute approximate surface area is 125 Å². The number of nitrogens with one attached hydrogen (secondary N) is 2. The van der Waals surface area contributed by atoms with Crippen molar-refractivity contribution < 1.29 is 9.59 Å². The second kappa shape index (κ2) is 5.57. The Hall–Kier alpha value is -3.35. The Morgan fingerprint density at radius 1 is 1.05 bits per heavy atom. The minimum atomic E-state index is -0.651. The molecule has 22 heavy (non-hydrogen) atoms. The highest BCUT2D eigenvalue weighted by atomic mass is 16.2. The average Bonchev–Trinajstić information content (AvgIpc) is 2.91. The fourth-order valence-corrected chi connectivity index (χ4v) is 2.07. The van der Waals surface area contributed by atoms with Crippen LogP contribution in [0.15, 0.2) is 54.9 Å². The van der Waals surface area contributed by atoms with Crippen LogP contribution in [-0.2, 0) is 0 Å². The largest absolute Gasteiger partial charge is 0.351 e. The van der Waals surface area contributed by atoms with Crippen molar-refractivity contribution in [1.82, 2.24) is 9.66 Å². The van der Waals surface area contributed by atoms with Gasteiger partial charge in [-0.3, -0.25) is 10.2 Å². The van der Waals surface area contributed by atoms with Gasteiger partial charge in [0.25, 0.3) is 5.91 Å². The van der Waals surface area contributed by atoms with Gasteiger partial charge in [0.05, 0.1) is 11.0 Å². The van der Waals surface area contributed by atoms with E-state index in [0.717, 1.165) is 11.0 Å². The molecule has 0 aliphatic heterocycles. The number of primary amides is 1. The number of hydrogen-bond donors (Lipinski definition) is 3. The van der Waals surface area contributed by atoms with Gasteiger partial charge in [-0.15, -0.1) is 0 Å². The number of nitrogens with zero attached hydrogens (tertiary/aromatic N) is 2. The number of para-hydroxylation sites is 2. The van der Waals surface area contributed by atoms with Gasteiger partial charge in [0.2, 0.25) is 0 Å². The Kier molecular flexibility index (Phi) is 3.45. The number of rotatable bonds is 3. The van der Waals surface area contributed by atoms with Crippen molar-refractivity contribution in [3.8, 4) is 0 Å². The van der Waals surface area contributed by atoms with Gasteiger partial charge in [-0.2, -0.15) is 0 Å². The molecule has 3 amide bonds. The lowest BCUT2D eigenvalue weighted by atomic mass is 10.2. The normalized spacial score (nSPS) is 10.4. The summed E-state index contributed by atoms with van der Waals surface area (Å²) in [5.74, 6) is -0.284. The molecule has 3 rings (SSSR count). The van der Waals surface area contributed by atoms with Gasteiger partial charge in [0.1, 0.15) is 6.33 Å². The third-order valence-corrected chi connectivity index (χ3v) is 3.09. The molecule has 0 fully saturated rings. The SMILES string of the molecule is NC(=O)Nc1ccc(C(=O)Nn2cnc3ccccc32)cc1. The minimum absolute atomic E-state index is 0.284. The quantitative estimate of drug-likeness (QED) is 0.687. The predicted octanol–water partition coefficient (Wildman–Crippen LogP) is 1.91. The third kappa shape index (κ3) is 2.73. The van der Waals surface area contributed by atoms with E-state index in [0.29, 0.717) is 11.3 Å². The van der Waals surface area contributed by atoms with E-state index in [1.165, 1.54) is 0 Å². The van der Waals surface area contributed by atoms with Crippen LogP contribution in [0.1, 0.15) is 10.4 Å². The summed E-state index contributed by atoms with van der Waals surface area (Å²) in [5.41, 5.74) is 10.4. The number of fused-ring (bicyclic) bond motifs is 1. The van der Waals surface area contributed by atoms with E-state index in [9.17, 15) is 9.59 Å². The van der Waals surface area contributed by atoms with Crippen LogP contribution in [0.4, 0.5) is 10.5 Å². The monoisotopic (exact) mass is 295 g/mol. The van der Waals surface area contributed by atoms with Crippen LogP contribution in [0.3, 0.4) is 0 Å². The van der Waals surface area contributed by atoms with Crippen molar-refractivity contribution in [3.05, 3.63) is 60.4 Å². The van der Waals surface area contributed by atoms with E-state index in [1.807, 2.05) is 24.3 Å². The standard InChI is InChI=1S/C15H13N5O2/c16-15(22)18-11-7-5-10(6-8-11)14(21)19-20-9-17-12-3-1-2-4-13(12)20/h1-9H,(H,19,21)(H3,16,18,22). The molecule has 1 heterocycles. The van der Waals surface area contributed by atoms with Gasteiger partial charge >= 0.3 is 6.03 Å². The molecule has 0 radical (unpaired) electrons. The highest BCUT2D eigenvalue weighted by molar-refractivity contribution is 6.01. The molecule has 7 nitrogen and oxygen atoms in total. The molecule has 0 spiro atoms. The van der Waals surface area contributed by atoms with E-state index in [2.05, 4.69) is 15.7 Å². The van der Waals surface area contributed by atoms with Gasteiger partial charge in [0, 0.05) is 11.3 Å². The summed E-state index contributed by atoms with van der Waals surface area (Å²) in [6, 6.07) is 13.2. The van der Waals surface area contributed by atoms with Crippen LogP contribution in [0.5, 0.6) is 0 Å². The number of hydrogen-bond acceptors (Lipinski definition) is 3. The van der Waals surface area contributed by atoms with Crippen LogP contribution in [0, 0.1) is 0 Å². The molecule has 0 aliphatic rings. The van der Waals surface area contributed by atoms with Crippen molar-refractivity contribution in [2.24, 2.45) is 5.73 Å². The highest BCUT2D eigenvalue weighted by Crippen LogP contribution is 2.12. The average molecular weight is 295 g/mol. The molecule has 0 aliphatic carbocycles. The first-order valence-electron chi connectivity index (χ1n) is 6.53. The predicted molar refractivity (Wildman–Crippen MR) is 83.1 cm³/mol. The van der Waals surface area contributed by atoms with Crippen molar-refractivity contribution in [1.29, 1.82) is 0 Å². The molecule has 0 unspecified atom stereocenters. The van der Waals surface area contributed by atoms with E-state index in [4.69, 9.17) is 5.73 Å². The molecule has 110 valence electrons. The second-order valence-corrected chi connectivity index (χ2v) is 4.61. The zero-order chi connectivity index (χ0) is 15.5.